The largest absolute Gasteiger partial charge is 0.419 e. The van der Waals surface area contributed by atoms with Crippen LogP contribution in [0, 0.1) is 5.92 Å². The fourth-order valence-corrected chi connectivity index (χ4v) is 2.61. The molecule has 0 bridgehead atoms. The summed E-state index contributed by atoms with van der Waals surface area (Å²) in [4.78, 5) is 19.3. The molecular formula is C16H22F3N3O. The highest BCUT2D eigenvalue weighted by Crippen LogP contribution is 2.35. The zero-order valence-electron chi connectivity index (χ0n) is 13.4. The second-order valence-electron chi connectivity index (χ2n) is 6.17. The molecule has 7 heteroatoms. The van der Waals surface area contributed by atoms with Gasteiger partial charge in [-0.1, -0.05) is 13.8 Å². The van der Waals surface area contributed by atoms with Gasteiger partial charge in [0.05, 0.1) is 5.56 Å². The number of aromatic nitrogens is 1. The molecular weight excluding hydrogens is 307 g/mol. The molecule has 0 saturated carbocycles. The summed E-state index contributed by atoms with van der Waals surface area (Å²) in [6.45, 7) is 5.73. The highest BCUT2D eigenvalue weighted by molar-refractivity contribution is 5.76. The monoisotopic (exact) mass is 329 g/mol. The van der Waals surface area contributed by atoms with E-state index in [-0.39, 0.29) is 11.7 Å². The normalized spacial score (nSPS) is 16.1. The number of hydrogen-bond donors (Lipinski definition) is 0. The maximum Gasteiger partial charge on any atom is 0.419 e. The van der Waals surface area contributed by atoms with Gasteiger partial charge in [0.1, 0.15) is 5.82 Å². The van der Waals surface area contributed by atoms with E-state index in [0.717, 1.165) is 12.5 Å². The van der Waals surface area contributed by atoms with Gasteiger partial charge in [-0.05, 0) is 24.5 Å². The van der Waals surface area contributed by atoms with Crippen LogP contribution >= 0.6 is 0 Å². The Bertz CT molecular complexity index is 538. The van der Waals surface area contributed by atoms with Crippen molar-refractivity contribution in [1.82, 2.24) is 9.88 Å². The lowest BCUT2D eigenvalue weighted by Crippen LogP contribution is -2.49. The van der Waals surface area contributed by atoms with Crippen LogP contribution in [0.1, 0.15) is 32.3 Å². The van der Waals surface area contributed by atoms with E-state index in [4.69, 9.17) is 0 Å². The number of rotatable bonds is 4. The minimum atomic E-state index is -4.42. The van der Waals surface area contributed by atoms with E-state index in [1.807, 2.05) is 0 Å². The number of carbonyl (C=O) groups excluding carboxylic acids is 1. The molecule has 2 rings (SSSR count). The van der Waals surface area contributed by atoms with Crippen LogP contribution < -0.4 is 4.90 Å². The quantitative estimate of drug-likeness (QED) is 0.851. The predicted octanol–water partition coefficient (Wildman–Crippen LogP) is 3.19. The molecule has 0 N–H and O–H groups in total. The Morgan fingerprint density at radius 3 is 2.48 bits per heavy atom. The van der Waals surface area contributed by atoms with Crippen LogP contribution in [0.5, 0.6) is 0 Å². The summed E-state index contributed by atoms with van der Waals surface area (Å²) in [6.07, 6.45) is -1.73. The molecule has 128 valence electrons. The highest BCUT2D eigenvalue weighted by Gasteiger charge is 2.36. The number of alkyl halides is 3. The summed E-state index contributed by atoms with van der Waals surface area (Å²) in [5.41, 5.74) is -0.723. The topological polar surface area (TPSA) is 36.4 Å². The molecule has 2 heterocycles. The molecule has 1 aromatic heterocycles. The van der Waals surface area contributed by atoms with Crippen molar-refractivity contribution in [3.63, 3.8) is 0 Å². The van der Waals surface area contributed by atoms with Crippen LogP contribution in [0.25, 0.3) is 0 Å². The van der Waals surface area contributed by atoms with Gasteiger partial charge in [0.2, 0.25) is 5.91 Å². The number of piperazine rings is 1. The van der Waals surface area contributed by atoms with Gasteiger partial charge in [0.15, 0.2) is 0 Å². The molecule has 23 heavy (non-hydrogen) atoms. The van der Waals surface area contributed by atoms with Crippen molar-refractivity contribution in [2.24, 2.45) is 5.92 Å². The Morgan fingerprint density at radius 2 is 1.91 bits per heavy atom. The van der Waals surface area contributed by atoms with Gasteiger partial charge < -0.3 is 9.80 Å². The van der Waals surface area contributed by atoms with E-state index in [1.165, 1.54) is 12.3 Å². The van der Waals surface area contributed by atoms with Crippen LogP contribution in [0.4, 0.5) is 19.0 Å². The van der Waals surface area contributed by atoms with Gasteiger partial charge in [0, 0.05) is 38.8 Å². The highest BCUT2D eigenvalue weighted by atomic mass is 19.4. The third-order valence-corrected chi connectivity index (χ3v) is 3.96. The maximum atomic E-state index is 13.1. The van der Waals surface area contributed by atoms with Crippen molar-refractivity contribution in [2.45, 2.75) is 32.9 Å². The minimum absolute atomic E-state index is 0.0470. The van der Waals surface area contributed by atoms with Gasteiger partial charge in [-0.15, -0.1) is 0 Å². The number of halogens is 3. The fraction of sp³-hybridized carbons (Fsp3) is 0.625. The van der Waals surface area contributed by atoms with Gasteiger partial charge in [-0.25, -0.2) is 4.98 Å². The minimum Gasteiger partial charge on any atom is -0.353 e. The second-order valence-corrected chi connectivity index (χ2v) is 6.17. The van der Waals surface area contributed by atoms with E-state index in [9.17, 15) is 18.0 Å². The van der Waals surface area contributed by atoms with Crippen molar-refractivity contribution >= 4 is 11.7 Å². The first-order valence-electron chi connectivity index (χ1n) is 7.84. The molecule has 1 amide bonds. The van der Waals surface area contributed by atoms with E-state index in [2.05, 4.69) is 18.8 Å². The zero-order chi connectivity index (χ0) is 17.0. The van der Waals surface area contributed by atoms with E-state index >= 15 is 0 Å². The Kier molecular flexibility index (Phi) is 5.49. The van der Waals surface area contributed by atoms with Crippen molar-refractivity contribution in [3.05, 3.63) is 23.9 Å². The zero-order valence-corrected chi connectivity index (χ0v) is 13.4. The molecule has 4 nitrogen and oxygen atoms in total. The first-order chi connectivity index (χ1) is 10.8. The van der Waals surface area contributed by atoms with Crippen LogP contribution in [0.3, 0.4) is 0 Å². The number of nitrogens with zero attached hydrogens (tertiary/aromatic N) is 3. The number of carbonyl (C=O) groups is 1. The fourth-order valence-electron chi connectivity index (χ4n) is 2.61. The average molecular weight is 329 g/mol. The molecule has 1 aliphatic heterocycles. The molecule has 1 saturated heterocycles. The molecule has 1 aromatic rings. The summed E-state index contributed by atoms with van der Waals surface area (Å²) in [7, 11) is 0. The number of hydrogen-bond acceptors (Lipinski definition) is 3. The molecule has 0 spiro atoms. The Labute approximate surface area is 134 Å². The lowest BCUT2D eigenvalue weighted by atomic mass is 10.1. The average Bonchev–Trinajstić information content (AvgIpc) is 2.52. The summed E-state index contributed by atoms with van der Waals surface area (Å²) < 4.78 is 39.2. The predicted molar refractivity (Wildman–Crippen MR) is 82.1 cm³/mol. The SMILES string of the molecule is CC(C)CCC(=O)N1CCN(c2ncccc2C(F)(F)F)CC1. The lowest BCUT2D eigenvalue weighted by molar-refractivity contribution is -0.137. The second kappa shape index (κ2) is 7.19. The van der Waals surface area contributed by atoms with Crippen molar-refractivity contribution in [2.75, 3.05) is 31.1 Å². The third kappa shape index (κ3) is 4.59. The van der Waals surface area contributed by atoms with E-state index < -0.39 is 11.7 Å². The summed E-state index contributed by atoms with van der Waals surface area (Å²) in [5.74, 6) is 0.493. The number of anilines is 1. The van der Waals surface area contributed by atoms with Gasteiger partial charge in [-0.2, -0.15) is 13.2 Å². The molecule has 0 aliphatic carbocycles. The van der Waals surface area contributed by atoms with E-state index in [1.54, 1.807) is 9.80 Å². The van der Waals surface area contributed by atoms with Crippen LogP contribution in [0.2, 0.25) is 0 Å². The third-order valence-electron chi connectivity index (χ3n) is 3.96. The van der Waals surface area contributed by atoms with Gasteiger partial charge in [0.25, 0.3) is 0 Å². The van der Waals surface area contributed by atoms with Crippen LogP contribution in [-0.2, 0) is 11.0 Å². The van der Waals surface area contributed by atoms with Crippen molar-refractivity contribution in [1.29, 1.82) is 0 Å². The number of pyridine rings is 1. The van der Waals surface area contributed by atoms with Gasteiger partial charge >= 0.3 is 6.18 Å². The number of amides is 1. The van der Waals surface area contributed by atoms with Crippen LogP contribution in [0.15, 0.2) is 18.3 Å². The Balaban J connectivity index is 1.99. The molecule has 0 aromatic carbocycles. The maximum absolute atomic E-state index is 13.1. The lowest BCUT2D eigenvalue weighted by Gasteiger charge is -2.36. The molecule has 0 atom stereocenters. The molecule has 1 aliphatic rings. The first kappa shape index (κ1) is 17.6. The van der Waals surface area contributed by atoms with E-state index in [0.29, 0.717) is 38.5 Å². The van der Waals surface area contributed by atoms with Crippen molar-refractivity contribution < 1.29 is 18.0 Å². The molecule has 1 fully saturated rings. The van der Waals surface area contributed by atoms with Crippen molar-refractivity contribution in [3.8, 4) is 0 Å². The Hall–Kier alpha value is -1.79. The van der Waals surface area contributed by atoms with Crippen LogP contribution in [-0.4, -0.2) is 42.0 Å². The first-order valence-corrected chi connectivity index (χ1v) is 7.84. The molecule has 0 radical (unpaired) electrons. The Morgan fingerprint density at radius 1 is 1.26 bits per heavy atom. The standard InChI is InChI=1S/C16H22F3N3O/c1-12(2)5-6-14(23)21-8-10-22(11-9-21)15-13(16(17,18)19)4-3-7-20-15/h3-4,7,12H,5-6,8-11H2,1-2H3. The molecule has 0 unspecified atom stereocenters. The summed E-state index contributed by atoms with van der Waals surface area (Å²) >= 11 is 0. The smallest absolute Gasteiger partial charge is 0.353 e. The summed E-state index contributed by atoms with van der Waals surface area (Å²) in [6, 6.07) is 2.33. The summed E-state index contributed by atoms with van der Waals surface area (Å²) in [5, 5.41) is 0. The van der Waals surface area contributed by atoms with Gasteiger partial charge in [-0.3, -0.25) is 4.79 Å².